The van der Waals surface area contributed by atoms with Gasteiger partial charge in [0.2, 0.25) is 0 Å². The number of carbonyl (C=O) groups is 2. The van der Waals surface area contributed by atoms with Gasteiger partial charge in [-0.15, -0.1) is 0 Å². The predicted molar refractivity (Wildman–Crippen MR) is 85.9 cm³/mol. The highest BCUT2D eigenvalue weighted by Crippen LogP contribution is 2.47. The Morgan fingerprint density at radius 2 is 2.00 bits per heavy atom. The molecule has 1 fully saturated rings. The minimum atomic E-state index is -0.346. The van der Waals surface area contributed by atoms with Crippen molar-refractivity contribution in [1.82, 2.24) is 0 Å². The van der Waals surface area contributed by atoms with E-state index in [-0.39, 0.29) is 17.7 Å². The van der Waals surface area contributed by atoms with Crippen LogP contribution in [0.1, 0.15) is 62.5 Å². The lowest BCUT2D eigenvalue weighted by atomic mass is 9.79. The Balaban J connectivity index is 2.10. The zero-order chi connectivity index (χ0) is 15.9. The molecule has 112 valence electrons. The number of ether oxygens (including phenoxy) is 1. The lowest BCUT2D eigenvalue weighted by Crippen LogP contribution is -2.17. The second-order valence-corrected chi connectivity index (χ2v) is 6.31. The van der Waals surface area contributed by atoms with E-state index < -0.39 is 0 Å². The van der Waals surface area contributed by atoms with Crippen molar-refractivity contribution in [2.75, 3.05) is 0 Å². The van der Waals surface area contributed by atoms with Gasteiger partial charge in [0.15, 0.2) is 5.78 Å². The minimum absolute atomic E-state index is 0.114. The molecule has 0 aromatic heterocycles. The number of hydrogen-bond acceptors (Lipinski definition) is 3. The van der Waals surface area contributed by atoms with Crippen molar-refractivity contribution in [2.24, 2.45) is 0 Å². The van der Waals surface area contributed by atoms with Gasteiger partial charge in [0.25, 0.3) is 0 Å². The number of benzene rings is 1. The van der Waals surface area contributed by atoms with Gasteiger partial charge in [-0.25, -0.2) is 0 Å². The van der Waals surface area contributed by atoms with Crippen LogP contribution in [-0.2, 0) is 9.59 Å². The van der Waals surface area contributed by atoms with Crippen LogP contribution in [0, 0.1) is 0 Å². The first-order chi connectivity index (χ1) is 10.5. The molecule has 1 atom stereocenters. The molecule has 0 amide bonds. The van der Waals surface area contributed by atoms with Gasteiger partial charge >= 0.3 is 5.97 Å². The van der Waals surface area contributed by atoms with Gasteiger partial charge < -0.3 is 4.74 Å². The third-order valence-corrected chi connectivity index (χ3v) is 4.41. The van der Waals surface area contributed by atoms with Crippen molar-refractivity contribution in [3.63, 3.8) is 0 Å². The van der Waals surface area contributed by atoms with Crippen molar-refractivity contribution < 1.29 is 14.3 Å². The van der Waals surface area contributed by atoms with E-state index in [0.29, 0.717) is 23.6 Å². The highest BCUT2D eigenvalue weighted by Gasteiger charge is 2.32. The first-order valence-electron chi connectivity index (χ1n) is 7.79. The molecule has 4 heteroatoms. The van der Waals surface area contributed by atoms with Gasteiger partial charge in [-0.05, 0) is 49.3 Å². The monoisotopic (exact) mass is 294 g/mol. The number of Topliss-reactive ketones (excluding diaryl/α,β-unsaturated/α-hetero) is 1. The molecule has 0 aliphatic heterocycles. The summed E-state index contributed by atoms with van der Waals surface area (Å²) in [7, 11) is 5.99. The van der Waals surface area contributed by atoms with Gasteiger partial charge in [0, 0.05) is 24.8 Å². The average Bonchev–Trinajstić information content (AvgIpc) is 3.25. The quantitative estimate of drug-likeness (QED) is 0.489. The smallest absolute Gasteiger partial charge is 0.308 e. The summed E-state index contributed by atoms with van der Waals surface area (Å²) >= 11 is 0. The highest BCUT2D eigenvalue weighted by molar-refractivity contribution is 6.32. The summed E-state index contributed by atoms with van der Waals surface area (Å²) in [6.45, 7) is 3.25. The van der Waals surface area contributed by atoms with E-state index >= 15 is 0 Å². The molecule has 0 saturated heterocycles. The third-order valence-electron chi connectivity index (χ3n) is 4.41. The van der Waals surface area contributed by atoms with Crippen LogP contribution in [-0.4, -0.2) is 19.6 Å². The van der Waals surface area contributed by atoms with Crippen molar-refractivity contribution >= 4 is 25.1 Å². The maximum absolute atomic E-state index is 11.7. The molecule has 1 saturated carbocycles. The molecule has 2 aliphatic rings. The van der Waals surface area contributed by atoms with E-state index in [2.05, 4.69) is 0 Å². The van der Waals surface area contributed by atoms with Crippen LogP contribution in [0.4, 0.5) is 0 Å². The molecule has 2 aliphatic carbocycles. The van der Waals surface area contributed by atoms with Crippen LogP contribution in [0.15, 0.2) is 23.8 Å². The molecule has 1 aromatic carbocycles. The van der Waals surface area contributed by atoms with Gasteiger partial charge in [-0.3, -0.25) is 9.59 Å². The van der Waals surface area contributed by atoms with Crippen LogP contribution in [0.25, 0.3) is 0 Å². The second kappa shape index (κ2) is 5.75. The lowest BCUT2D eigenvalue weighted by Gasteiger charge is -2.24. The van der Waals surface area contributed by atoms with E-state index in [1.807, 2.05) is 19.1 Å². The Morgan fingerprint density at radius 3 is 2.59 bits per heavy atom. The molecule has 0 bridgehead atoms. The van der Waals surface area contributed by atoms with Crippen molar-refractivity contribution in [3.8, 4) is 5.75 Å². The zero-order valence-electron chi connectivity index (χ0n) is 13.0. The maximum Gasteiger partial charge on any atom is 0.308 e. The van der Waals surface area contributed by atoms with Crippen molar-refractivity contribution in [2.45, 2.75) is 51.4 Å². The fourth-order valence-corrected chi connectivity index (χ4v) is 3.23. The van der Waals surface area contributed by atoms with E-state index in [9.17, 15) is 9.59 Å². The summed E-state index contributed by atoms with van der Waals surface area (Å²) < 4.78 is 5.43. The van der Waals surface area contributed by atoms with Crippen LogP contribution in [0.5, 0.6) is 5.75 Å². The molecule has 3 rings (SSSR count). The molecular weight excluding hydrogens is 275 g/mol. The maximum atomic E-state index is 11.7. The fourth-order valence-electron chi connectivity index (χ4n) is 3.23. The zero-order valence-corrected chi connectivity index (χ0v) is 13.0. The predicted octanol–water partition coefficient (Wildman–Crippen LogP) is 2.68. The number of esters is 1. The molecule has 0 heterocycles. The van der Waals surface area contributed by atoms with Crippen LogP contribution < -0.4 is 10.2 Å². The first kappa shape index (κ1) is 15.1. The number of hydrogen-bond donors (Lipinski definition) is 0. The summed E-state index contributed by atoms with van der Waals surface area (Å²) in [5, 5.41) is 0. The average molecular weight is 294 g/mol. The van der Waals surface area contributed by atoms with Crippen LogP contribution in [0.2, 0.25) is 0 Å². The Morgan fingerprint density at radius 1 is 1.27 bits per heavy atom. The van der Waals surface area contributed by atoms with Gasteiger partial charge in [-0.2, -0.15) is 0 Å². The fraction of sp³-hybridized carbons (Fsp3) is 0.444. The Labute approximate surface area is 132 Å². The second-order valence-electron chi connectivity index (χ2n) is 6.31. The lowest BCUT2D eigenvalue weighted by molar-refractivity contribution is -0.132. The first-order valence-corrected chi connectivity index (χ1v) is 7.79. The van der Waals surface area contributed by atoms with Crippen LogP contribution >= 0.6 is 0 Å². The Kier molecular flexibility index (Phi) is 3.94. The molecule has 3 nitrogen and oxygen atoms in total. The Bertz CT molecular complexity index is 671. The summed E-state index contributed by atoms with van der Waals surface area (Å²) in [5.74, 6) is 1.02. The minimum Gasteiger partial charge on any atom is -0.426 e. The molecular formula is C18H19BO3. The largest absolute Gasteiger partial charge is 0.426 e. The van der Waals surface area contributed by atoms with Gasteiger partial charge in [-0.1, -0.05) is 17.6 Å². The van der Waals surface area contributed by atoms with Gasteiger partial charge in [0.05, 0.1) is 0 Å². The molecule has 2 radical (unpaired) electrons. The van der Waals surface area contributed by atoms with E-state index in [1.54, 1.807) is 6.07 Å². The summed E-state index contributed by atoms with van der Waals surface area (Å²) in [5.41, 5.74) is 3.64. The highest BCUT2D eigenvalue weighted by atomic mass is 16.5. The summed E-state index contributed by atoms with van der Waals surface area (Å²) in [6, 6.07) is 3.72. The number of ketones is 1. The number of carbonyl (C=O) groups excluding carboxylic acids is 2. The molecule has 1 unspecified atom stereocenters. The van der Waals surface area contributed by atoms with E-state index in [4.69, 9.17) is 12.6 Å². The Hall–Kier alpha value is -1.84. The normalized spacial score (nSPS) is 21.5. The standard InChI is InChI=1S/C18H19BO3/c1-10-7-13(5-6-16(10)21)18-15(12-3-4-12)8-14(19)9-17(18)22-11(2)20/h7-9,12-13H,3-6H2,1-2H3. The van der Waals surface area contributed by atoms with Crippen molar-refractivity contribution in [3.05, 3.63) is 34.9 Å². The van der Waals surface area contributed by atoms with E-state index in [1.165, 1.54) is 12.5 Å². The third kappa shape index (κ3) is 3.01. The molecule has 1 aromatic rings. The van der Waals surface area contributed by atoms with E-state index in [0.717, 1.165) is 30.4 Å². The summed E-state index contributed by atoms with van der Waals surface area (Å²) in [6.07, 6.45) is 5.60. The SMILES string of the molecule is [B]c1cc(OC(C)=O)c(C2C=C(C)C(=O)CC2)c(C2CC2)c1. The summed E-state index contributed by atoms with van der Waals surface area (Å²) in [4.78, 5) is 23.2. The topological polar surface area (TPSA) is 43.4 Å². The molecule has 0 spiro atoms. The number of rotatable bonds is 3. The van der Waals surface area contributed by atoms with Crippen LogP contribution in [0.3, 0.4) is 0 Å². The number of allylic oxidation sites excluding steroid dienone is 2. The van der Waals surface area contributed by atoms with Gasteiger partial charge in [0.1, 0.15) is 13.6 Å². The molecule has 22 heavy (non-hydrogen) atoms. The molecule has 0 N–H and O–H groups in total. The van der Waals surface area contributed by atoms with Crippen molar-refractivity contribution in [1.29, 1.82) is 0 Å².